The van der Waals surface area contributed by atoms with E-state index in [2.05, 4.69) is 48.2 Å². The predicted octanol–water partition coefficient (Wildman–Crippen LogP) is 2.77. The number of amides is 1. The van der Waals surface area contributed by atoms with Crippen molar-refractivity contribution in [2.24, 2.45) is 10.9 Å². The van der Waals surface area contributed by atoms with Crippen LogP contribution in [0.2, 0.25) is 0 Å². The average Bonchev–Trinajstić information content (AvgIpc) is 2.94. The van der Waals surface area contributed by atoms with Crippen molar-refractivity contribution >= 4 is 11.9 Å². The van der Waals surface area contributed by atoms with E-state index in [0.29, 0.717) is 18.0 Å². The third-order valence-electron chi connectivity index (χ3n) is 4.58. The Morgan fingerprint density at radius 2 is 2.00 bits per heavy atom. The molecule has 134 valence electrons. The van der Waals surface area contributed by atoms with Crippen LogP contribution in [0.15, 0.2) is 4.99 Å². The topological polar surface area (TPSA) is 56.7 Å². The summed E-state index contributed by atoms with van der Waals surface area (Å²) < 4.78 is 0. The zero-order chi connectivity index (χ0) is 17.2. The molecule has 1 fully saturated rings. The molecule has 0 aromatic heterocycles. The molecule has 0 spiro atoms. The number of carbonyl (C=O) groups is 1. The maximum absolute atomic E-state index is 11.9. The summed E-state index contributed by atoms with van der Waals surface area (Å²) in [5.41, 5.74) is 0. The molecule has 1 aliphatic rings. The molecule has 23 heavy (non-hydrogen) atoms. The van der Waals surface area contributed by atoms with Gasteiger partial charge in [0.1, 0.15) is 0 Å². The van der Waals surface area contributed by atoms with Crippen LogP contribution in [-0.2, 0) is 4.79 Å². The minimum Gasteiger partial charge on any atom is -0.356 e. The number of rotatable bonds is 9. The van der Waals surface area contributed by atoms with E-state index in [0.717, 1.165) is 57.1 Å². The van der Waals surface area contributed by atoms with Crippen LogP contribution in [0, 0.1) is 5.92 Å². The Morgan fingerprint density at radius 1 is 1.26 bits per heavy atom. The summed E-state index contributed by atoms with van der Waals surface area (Å²) in [5.74, 6) is 1.92. The Hall–Kier alpha value is -1.26. The van der Waals surface area contributed by atoms with Crippen LogP contribution in [0.1, 0.15) is 66.2 Å². The van der Waals surface area contributed by atoms with E-state index in [1.165, 1.54) is 6.42 Å². The molecule has 2 atom stereocenters. The van der Waals surface area contributed by atoms with Gasteiger partial charge in [-0.05, 0) is 44.9 Å². The van der Waals surface area contributed by atoms with Gasteiger partial charge in [0, 0.05) is 38.6 Å². The number of nitrogens with zero attached hydrogens (tertiary/aromatic N) is 2. The fraction of sp³-hybridized carbons (Fsp3) is 0.889. The first-order valence-electron chi connectivity index (χ1n) is 9.24. The fourth-order valence-electron chi connectivity index (χ4n) is 3.08. The second-order valence-corrected chi connectivity index (χ2v) is 7.06. The van der Waals surface area contributed by atoms with Crippen molar-refractivity contribution in [1.29, 1.82) is 0 Å². The van der Waals surface area contributed by atoms with Crippen LogP contribution in [0.3, 0.4) is 0 Å². The van der Waals surface area contributed by atoms with Crippen LogP contribution in [0.4, 0.5) is 0 Å². The Bertz CT molecular complexity index is 381. The molecule has 2 unspecified atom stereocenters. The van der Waals surface area contributed by atoms with Crippen molar-refractivity contribution in [1.82, 2.24) is 15.5 Å². The number of aliphatic imine (C=N–C) groups is 1. The number of carbonyl (C=O) groups excluding carboxylic acids is 1. The second kappa shape index (κ2) is 10.5. The van der Waals surface area contributed by atoms with Gasteiger partial charge in [0.15, 0.2) is 5.96 Å². The molecular weight excluding hydrogens is 288 g/mol. The Labute approximate surface area is 142 Å². The first kappa shape index (κ1) is 19.8. The van der Waals surface area contributed by atoms with E-state index in [1.807, 2.05) is 7.05 Å². The Kier molecular flexibility index (Phi) is 9.03. The molecule has 0 bridgehead atoms. The van der Waals surface area contributed by atoms with Gasteiger partial charge in [-0.1, -0.05) is 20.8 Å². The highest BCUT2D eigenvalue weighted by molar-refractivity contribution is 5.80. The van der Waals surface area contributed by atoms with Gasteiger partial charge in [-0.15, -0.1) is 0 Å². The molecule has 0 aliphatic carbocycles. The summed E-state index contributed by atoms with van der Waals surface area (Å²) >= 11 is 0. The highest BCUT2D eigenvalue weighted by Crippen LogP contribution is 2.17. The van der Waals surface area contributed by atoms with Crippen molar-refractivity contribution < 1.29 is 4.79 Å². The summed E-state index contributed by atoms with van der Waals surface area (Å²) in [4.78, 5) is 18.2. The third-order valence-corrected chi connectivity index (χ3v) is 4.58. The maximum atomic E-state index is 11.9. The minimum absolute atomic E-state index is 0.321. The van der Waals surface area contributed by atoms with Gasteiger partial charge in [0.25, 0.3) is 0 Å². The molecule has 1 rings (SSSR count). The minimum atomic E-state index is 0.321. The highest BCUT2D eigenvalue weighted by Gasteiger charge is 2.26. The van der Waals surface area contributed by atoms with Crippen molar-refractivity contribution in [3.63, 3.8) is 0 Å². The van der Waals surface area contributed by atoms with Crippen molar-refractivity contribution in [3.8, 4) is 0 Å². The van der Waals surface area contributed by atoms with Gasteiger partial charge in [0.05, 0.1) is 0 Å². The number of guanidine groups is 1. The summed E-state index contributed by atoms with van der Waals surface area (Å²) in [6.45, 7) is 10.6. The lowest BCUT2D eigenvalue weighted by atomic mass is 10.0. The number of hydrogen-bond donors (Lipinski definition) is 2. The van der Waals surface area contributed by atoms with Gasteiger partial charge in [0.2, 0.25) is 5.91 Å². The Morgan fingerprint density at radius 3 is 2.52 bits per heavy atom. The third kappa shape index (κ3) is 7.23. The molecule has 0 aromatic rings. The average molecular weight is 325 g/mol. The van der Waals surface area contributed by atoms with Gasteiger partial charge >= 0.3 is 0 Å². The van der Waals surface area contributed by atoms with Gasteiger partial charge in [-0.3, -0.25) is 9.79 Å². The van der Waals surface area contributed by atoms with Gasteiger partial charge in [-0.2, -0.15) is 0 Å². The summed E-state index contributed by atoms with van der Waals surface area (Å²) in [5, 5.41) is 6.84. The van der Waals surface area contributed by atoms with Crippen molar-refractivity contribution in [2.45, 2.75) is 78.3 Å². The van der Waals surface area contributed by atoms with E-state index in [4.69, 9.17) is 0 Å². The molecule has 1 amide bonds. The second-order valence-electron chi connectivity index (χ2n) is 7.06. The SMILES string of the molecule is CCC(CCNC(=NC)NC(C)CCC(C)C)N1CCCC1=O. The zero-order valence-electron chi connectivity index (χ0n) is 15.7. The van der Waals surface area contributed by atoms with E-state index >= 15 is 0 Å². The lowest BCUT2D eigenvalue weighted by molar-refractivity contribution is -0.129. The molecule has 5 heteroatoms. The molecule has 1 saturated heterocycles. The van der Waals surface area contributed by atoms with Crippen molar-refractivity contribution in [3.05, 3.63) is 0 Å². The molecule has 0 aromatic carbocycles. The lowest BCUT2D eigenvalue weighted by Crippen LogP contribution is -2.44. The quantitative estimate of drug-likeness (QED) is 0.506. The molecule has 1 heterocycles. The number of hydrogen-bond acceptors (Lipinski definition) is 2. The summed E-state index contributed by atoms with van der Waals surface area (Å²) in [7, 11) is 1.81. The lowest BCUT2D eigenvalue weighted by Gasteiger charge is -2.27. The largest absolute Gasteiger partial charge is 0.356 e. The number of likely N-dealkylation sites (tertiary alicyclic amines) is 1. The summed E-state index contributed by atoms with van der Waals surface area (Å²) in [6, 6.07) is 0.778. The molecule has 0 radical (unpaired) electrons. The standard InChI is InChI=1S/C18H36N4O/c1-6-16(22-13-7-8-17(22)23)11-12-20-18(19-5)21-15(4)10-9-14(2)3/h14-16H,6-13H2,1-5H3,(H2,19,20,21). The monoisotopic (exact) mass is 324 g/mol. The molecule has 5 nitrogen and oxygen atoms in total. The molecule has 2 N–H and O–H groups in total. The number of nitrogens with one attached hydrogen (secondary N) is 2. The van der Waals surface area contributed by atoms with Gasteiger partial charge < -0.3 is 15.5 Å². The normalized spacial score (nSPS) is 18.4. The van der Waals surface area contributed by atoms with E-state index in [9.17, 15) is 4.79 Å². The zero-order valence-corrected chi connectivity index (χ0v) is 15.7. The first-order valence-corrected chi connectivity index (χ1v) is 9.24. The molecule has 0 saturated carbocycles. The highest BCUT2D eigenvalue weighted by atomic mass is 16.2. The van der Waals surface area contributed by atoms with E-state index in [1.54, 1.807) is 0 Å². The van der Waals surface area contributed by atoms with Crippen molar-refractivity contribution in [2.75, 3.05) is 20.1 Å². The fourth-order valence-corrected chi connectivity index (χ4v) is 3.08. The first-order chi connectivity index (χ1) is 11.0. The smallest absolute Gasteiger partial charge is 0.222 e. The van der Waals surface area contributed by atoms with E-state index < -0.39 is 0 Å². The molecular formula is C18H36N4O. The van der Waals surface area contributed by atoms with Crippen LogP contribution >= 0.6 is 0 Å². The van der Waals surface area contributed by atoms with Crippen LogP contribution in [0.25, 0.3) is 0 Å². The van der Waals surface area contributed by atoms with Crippen LogP contribution < -0.4 is 10.6 Å². The van der Waals surface area contributed by atoms with Crippen LogP contribution in [-0.4, -0.2) is 49.0 Å². The summed E-state index contributed by atoms with van der Waals surface area (Å²) in [6.07, 6.45) is 6.10. The van der Waals surface area contributed by atoms with Gasteiger partial charge in [-0.25, -0.2) is 0 Å². The Balaban J connectivity index is 2.32. The van der Waals surface area contributed by atoms with Crippen LogP contribution in [0.5, 0.6) is 0 Å². The van der Waals surface area contributed by atoms with E-state index in [-0.39, 0.29) is 0 Å². The predicted molar refractivity (Wildman–Crippen MR) is 97.7 cm³/mol. The molecule has 1 aliphatic heterocycles. The maximum Gasteiger partial charge on any atom is 0.222 e.